The number of amides is 1. The molecule has 3 nitrogen and oxygen atoms in total. The monoisotopic (exact) mass is 496 g/mol. The fraction of sp³-hybridized carbons (Fsp3) is 0.350. The van der Waals surface area contributed by atoms with Crippen LogP contribution in [0.3, 0.4) is 0 Å². The Hall–Kier alpha value is -1.60. The molecule has 0 saturated carbocycles. The Bertz CT molecular complexity index is 629. The molecule has 1 N–H and O–H groups in total. The molecule has 1 atom stereocenters. The molecule has 0 spiro atoms. The van der Waals surface area contributed by atoms with Crippen molar-refractivity contribution in [2.75, 3.05) is 7.11 Å². The molecule has 1 amide bonds. The number of carbonyl (C=O) groups excluding carboxylic acids is 1. The summed E-state index contributed by atoms with van der Waals surface area (Å²) in [7, 11) is 1.59. The van der Waals surface area contributed by atoms with E-state index in [-0.39, 0.29) is 33.0 Å². The smallest absolute Gasteiger partial charge is 0.222 e. The number of aryl methyl sites for hydroxylation is 1. The third-order valence-corrected chi connectivity index (χ3v) is 3.46. The topological polar surface area (TPSA) is 38.3 Å². The Labute approximate surface area is 160 Å². The van der Waals surface area contributed by atoms with E-state index in [2.05, 4.69) is 24.4 Å². The molecule has 0 aromatic heterocycles. The third-order valence-electron chi connectivity index (χ3n) is 3.46. The van der Waals surface area contributed by atoms with E-state index >= 15 is 0 Å². The van der Waals surface area contributed by atoms with Crippen molar-refractivity contribution in [1.82, 2.24) is 5.32 Å². The van der Waals surface area contributed by atoms with Gasteiger partial charge in [0.2, 0.25) is 5.91 Å². The SMILES string of the molecule is CC.COc1[c-]ccc(CC(=O)NC(C)c2ccccc2C)c1.[W]. The van der Waals surface area contributed by atoms with Gasteiger partial charge in [0.05, 0.1) is 13.2 Å². The molecule has 1 unspecified atom stereocenters. The van der Waals surface area contributed by atoms with Crippen LogP contribution in [0.1, 0.15) is 43.5 Å². The number of carbonyl (C=O) groups is 1. The summed E-state index contributed by atoms with van der Waals surface area (Å²) in [6.45, 7) is 8.05. The fourth-order valence-corrected chi connectivity index (χ4v) is 2.35. The zero-order valence-electron chi connectivity index (χ0n) is 15.1. The standard InChI is InChI=1S/C18H20NO2.C2H6.W/c1-13-7-4-5-10-17(13)14(2)19-18(20)12-15-8-6-9-16(11-15)21-3;1-2;/h4-8,10-11,14H,12H2,1-3H3,(H,19,20);1-2H3;/q-1;;. The van der Waals surface area contributed by atoms with Crippen LogP contribution in [-0.2, 0) is 32.3 Å². The predicted molar refractivity (Wildman–Crippen MR) is 94.6 cm³/mol. The fourth-order valence-electron chi connectivity index (χ4n) is 2.35. The summed E-state index contributed by atoms with van der Waals surface area (Å²) in [5, 5.41) is 3.03. The van der Waals surface area contributed by atoms with Gasteiger partial charge in [0.25, 0.3) is 0 Å². The first-order valence-corrected chi connectivity index (χ1v) is 7.99. The van der Waals surface area contributed by atoms with Crippen molar-refractivity contribution in [1.29, 1.82) is 0 Å². The molecule has 0 heterocycles. The van der Waals surface area contributed by atoms with Crippen LogP contribution in [0.4, 0.5) is 0 Å². The van der Waals surface area contributed by atoms with Crippen LogP contribution >= 0.6 is 0 Å². The van der Waals surface area contributed by atoms with Crippen molar-refractivity contribution < 1.29 is 30.6 Å². The summed E-state index contributed by atoms with van der Waals surface area (Å²) in [6, 6.07) is 16.5. The molecule has 24 heavy (non-hydrogen) atoms. The largest absolute Gasteiger partial charge is 0.523 e. The number of nitrogens with one attached hydrogen (secondary N) is 1. The molecule has 2 aromatic rings. The summed E-state index contributed by atoms with van der Waals surface area (Å²) in [6.07, 6.45) is 0.335. The third kappa shape index (κ3) is 6.88. The van der Waals surface area contributed by atoms with Crippen molar-refractivity contribution >= 4 is 5.91 Å². The zero-order valence-corrected chi connectivity index (χ0v) is 18.0. The number of methoxy groups -OCH3 is 1. The van der Waals surface area contributed by atoms with Gasteiger partial charge in [-0.3, -0.25) is 4.79 Å². The maximum atomic E-state index is 12.1. The van der Waals surface area contributed by atoms with Gasteiger partial charge in [-0.2, -0.15) is 12.1 Å². The average Bonchev–Trinajstić information content (AvgIpc) is 2.57. The van der Waals surface area contributed by atoms with Gasteiger partial charge in [0.1, 0.15) is 0 Å². The minimum atomic E-state index is -0.00382. The molecule has 0 bridgehead atoms. The van der Waals surface area contributed by atoms with Gasteiger partial charge in [-0.1, -0.05) is 38.1 Å². The molecular weight excluding hydrogens is 470 g/mol. The van der Waals surface area contributed by atoms with Crippen LogP contribution in [0.5, 0.6) is 5.75 Å². The predicted octanol–water partition coefficient (Wildman–Crippen LogP) is 4.25. The van der Waals surface area contributed by atoms with Gasteiger partial charge in [-0.15, -0.1) is 17.7 Å². The molecule has 2 rings (SSSR count). The molecule has 0 aliphatic heterocycles. The van der Waals surface area contributed by atoms with Crippen molar-refractivity contribution in [2.24, 2.45) is 0 Å². The van der Waals surface area contributed by atoms with E-state index in [0.717, 1.165) is 11.1 Å². The molecule has 4 heteroatoms. The van der Waals surface area contributed by atoms with E-state index in [1.54, 1.807) is 13.2 Å². The number of hydrogen-bond acceptors (Lipinski definition) is 2. The number of hydrogen-bond donors (Lipinski definition) is 1. The van der Waals surface area contributed by atoms with E-state index < -0.39 is 0 Å². The van der Waals surface area contributed by atoms with Gasteiger partial charge >= 0.3 is 0 Å². The van der Waals surface area contributed by atoms with Crippen molar-refractivity contribution in [3.63, 3.8) is 0 Å². The normalized spacial score (nSPS) is 10.5. The molecule has 2 aromatic carbocycles. The van der Waals surface area contributed by atoms with Gasteiger partial charge in [-0.25, -0.2) is 0 Å². The Kier molecular flexibility index (Phi) is 11.1. The minimum Gasteiger partial charge on any atom is -0.523 e. The summed E-state index contributed by atoms with van der Waals surface area (Å²) >= 11 is 0. The van der Waals surface area contributed by atoms with Gasteiger partial charge in [0.15, 0.2) is 0 Å². The summed E-state index contributed by atoms with van der Waals surface area (Å²) in [5.41, 5.74) is 3.24. The number of benzene rings is 2. The Morgan fingerprint density at radius 3 is 2.54 bits per heavy atom. The Morgan fingerprint density at radius 1 is 1.25 bits per heavy atom. The maximum absolute atomic E-state index is 12.1. The quantitative estimate of drug-likeness (QED) is 0.629. The van der Waals surface area contributed by atoms with E-state index in [9.17, 15) is 4.79 Å². The second-order valence-corrected chi connectivity index (χ2v) is 5.09. The van der Waals surface area contributed by atoms with Gasteiger partial charge in [0, 0.05) is 33.2 Å². The maximum Gasteiger partial charge on any atom is 0.222 e. The molecule has 0 radical (unpaired) electrons. The minimum absolute atomic E-state index is 0. The van der Waals surface area contributed by atoms with Crippen LogP contribution in [0.15, 0.2) is 42.5 Å². The summed E-state index contributed by atoms with van der Waals surface area (Å²) in [5.74, 6) is 0.645. The molecule has 130 valence electrons. The zero-order chi connectivity index (χ0) is 17.2. The first kappa shape index (κ1) is 22.4. The molecule has 0 saturated heterocycles. The van der Waals surface area contributed by atoms with Crippen molar-refractivity contribution in [3.8, 4) is 5.75 Å². The Balaban J connectivity index is 0.00000170. The van der Waals surface area contributed by atoms with Crippen LogP contribution in [0.25, 0.3) is 0 Å². The molecule has 0 fully saturated rings. The van der Waals surface area contributed by atoms with Gasteiger partial charge in [-0.05, 0) is 25.0 Å². The number of ether oxygens (including phenoxy) is 1. The average molecular weight is 496 g/mol. The molecular formula is C20H26NO2W-. The van der Waals surface area contributed by atoms with E-state index in [4.69, 9.17) is 4.74 Å². The summed E-state index contributed by atoms with van der Waals surface area (Å²) in [4.78, 5) is 12.1. The first-order chi connectivity index (χ1) is 11.1. The van der Waals surface area contributed by atoms with Crippen LogP contribution in [0.2, 0.25) is 0 Å². The Morgan fingerprint density at radius 2 is 1.92 bits per heavy atom. The number of rotatable bonds is 5. The molecule has 0 aliphatic carbocycles. The van der Waals surface area contributed by atoms with E-state index in [1.165, 1.54) is 5.56 Å². The van der Waals surface area contributed by atoms with E-state index in [1.807, 2.05) is 51.1 Å². The van der Waals surface area contributed by atoms with Crippen molar-refractivity contribution in [3.05, 3.63) is 65.2 Å². The van der Waals surface area contributed by atoms with Crippen LogP contribution in [-0.4, -0.2) is 13.0 Å². The van der Waals surface area contributed by atoms with Crippen molar-refractivity contribution in [2.45, 2.75) is 40.2 Å². The van der Waals surface area contributed by atoms with Gasteiger partial charge < -0.3 is 10.1 Å². The summed E-state index contributed by atoms with van der Waals surface area (Å²) < 4.78 is 5.12. The van der Waals surface area contributed by atoms with Crippen LogP contribution < -0.4 is 10.1 Å². The second-order valence-electron chi connectivity index (χ2n) is 5.09. The van der Waals surface area contributed by atoms with Crippen LogP contribution in [0, 0.1) is 13.0 Å². The molecule has 0 aliphatic rings. The second kappa shape index (κ2) is 11.9. The first-order valence-electron chi connectivity index (χ1n) is 7.99. The van der Waals surface area contributed by atoms with E-state index in [0.29, 0.717) is 12.2 Å².